The van der Waals surface area contributed by atoms with Crippen LogP contribution in [0.4, 0.5) is 0 Å². The van der Waals surface area contributed by atoms with Crippen LogP contribution >= 0.6 is 24.8 Å². The van der Waals surface area contributed by atoms with Gasteiger partial charge in [-0.25, -0.2) is 0 Å². The largest absolute Gasteiger partial charge is 0.147 e. The summed E-state index contributed by atoms with van der Waals surface area (Å²) in [6, 6.07) is 33.0. The van der Waals surface area contributed by atoms with Gasteiger partial charge in [-0.1, -0.05) is 0 Å². The van der Waals surface area contributed by atoms with Gasteiger partial charge >= 0.3 is 272 Å². The number of benzene rings is 4. The van der Waals surface area contributed by atoms with Crippen molar-refractivity contribution in [2.75, 3.05) is 0 Å². The quantitative estimate of drug-likeness (QED) is 0.155. The molecule has 0 nitrogen and oxygen atoms in total. The first-order valence-electron chi connectivity index (χ1n) is 17.1. The van der Waals surface area contributed by atoms with Crippen molar-refractivity contribution in [3.63, 3.8) is 0 Å². The molecule has 2 unspecified atom stereocenters. The predicted molar refractivity (Wildman–Crippen MR) is 202 cm³/mol. The minimum Gasteiger partial charge on any atom is -0.147 e. The van der Waals surface area contributed by atoms with E-state index in [9.17, 15) is 0 Å². The maximum atomic E-state index is 2.68. The summed E-state index contributed by atoms with van der Waals surface area (Å²) in [4.78, 5) is 0. The standard InChI is InChI=1S/2C20H21.C3H6.2ClH.Hf/c2*1-14(2)11-16-12-18-5-4-6-19(20(18)13-16)17-9-7-15(3)8-10-17;1-3-2;;;/h2*4-10,12-14H,11H2,1-3H3;1-3H2;2*1H;. The van der Waals surface area contributed by atoms with Crippen LogP contribution in [0.2, 0.25) is 8.35 Å². The zero-order valence-corrected chi connectivity index (χ0v) is 33.6. The topological polar surface area (TPSA) is 0 Å². The van der Waals surface area contributed by atoms with Crippen LogP contribution in [-0.4, -0.2) is 0 Å². The van der Waals surface area contributed by atoms with Crippen molar-refractivity contribution < 1.29 is 20.0 Å². The summed E-state index contributed by atoms with van der Waals surface area (Å²) in [6.07, 6.45) is 9.24. The van der Waals surface area contributed by atoms with E-state index < -0.39 is 20.0 Å². The SMILES string of the molecule is Cc1ccc(-c2cccc3c2C=C(CC(C)C)[CH]3[Hf]2([CH]3C(CC(C)C)=Cc4c(-c5ccc(C)cc5)cccc43)[CH2]C[CH2]2)cc1.Cl.Cl. The number of halogens is 2. The van der Waals surface area contributed by atoms with Crippen LogP contribution in [0.15, 0.2) is 96.1 Å². The Morgan fingerprint density at radius 3 is 1.28 bits per heavy atom. The fraction of sp³-hybridized carbons (Fsp3) is 0.349. The third-order valence-electron chi connectivity index (χ3n) is 10.8. The number of fused-ring (bicyclic) bond motifs is 2. The minimum absolute atomic E-state index is 0. The van der Waals surface area contributed by atoms with Crippen molar-refractivity contribution in [2.24, 2.45) is 11.8 Å². The van der Waals surface area contributed by atoms with Gasteiger partial charge in [-0.2, -0.15) is 0 Å². The summed E-state index contributed by atoms with van der Waals surface area (Å²) < 4.78 is 4.42. The number of rotatable bonds is 8. The molecule has 3 heteroatoms. The summed E-state index contributed by atoms with van der Waals surface area (Å²) in [6.45, 7) is 14.1. The summed E-state index contributed by atoms with van der Waals surface area (Å²) in [5.74, 6) is 1.34. The molecular formula is C43H50Cl2Hf. The van der Waals surface area contributed by atoms with E-state index in [0.29, 0.717) is 19.2 Å². The Morgan fingerprint density at radius 1 is 0.565 bits per heavy atom. The summed E-state index contributed by atoms with van der Waals surface area (Å²) in [5.41, 5.74) is 18.2. The Morgan fingerprint density at radius 2 is 0.957 bits per heavy atom. The van der Waals surface area contributed by atoms with Gasteiger partial charge in [0.25, 0.3) is 0 Å². The number of allylic oxidation sites excluding steroid dienone is 2. The molecule has 0 bridgehead atoms. The van der Waals surface area contributed by atoms with Gasteiger partial charge in [-0.05, 0) is 0 Å². The summed E-state index contributed by atoms with van der Waals surface area (Å²) in [5, 5.41) is 0. The maximum absolute atomic E-state index is 3.08. The normalized spacial score (nSPS) is 19.0. The van der Waals surface area contributed by atoms with Gasteiger partial charge < -0.3 is 0 Å². The van der Waals surface area contributed by atoms with Gasteiger partial charge in [0, 0.05) is 0 Å². The molecule has 1 heterocycles. The molecule has 1 aliphatic heterocycles. The van der Waals surface area contributed by atoms with Crippen LogP contribution in [0.3, 0.4) is 0 Å². The second-order valence-electron chi connectivity index (χ2n) is 14.9. The van der Waals surface area contributed by atoms with Gasteiger partial charge in [-0.3, -0.25) is 0 Å². The second-order valence-corrected chi connectivity index (χ2v) is 31.5. The molecule has 4 aromatic rings. The van der Waals surface area contributed by atoms with Crippen molar-refractivity contribution in [2.45, 2.75) is 76.5 Å². The van der Waals surface area contributed by atoms with E-state index in [1.54, 1.807) is 22.3 Å². The van der Waals surface area contributed by atoms with Crippen LogP contribution in [0, 0.1) is 25.7 Å². The predicted octanol–water partition coefficient (Wildman–Crippen LogP) is 13.5. The molecular weight excluding hydrogens is 766 g/mol. The Labute approximate surface area is 295 Å². The first-order valence-corrected chi connectivity index (χ1v) is 26.3. The van der Waals surface area contributed by atoms with Crippen LogP contribution in [0.1, 0.15) is 87.7 Å². The van der Waals surface area contributed by atoms with Crippen molar-refractivity contribution in [1.29, 1.82) is 0 Å². The van der Waals surface area contributed by atoms with Crippen LogP contribution in [0.25, 0.3) is 34.4 Å². The third kappa shape index (κ3) is 6.22. The minimum atomic E-state index is -3.08. The molecule has 7 rings (SSSR count). The average molecular weight is 816 g/mol. The second kappa shape index (κ2) is 14.1. The zero-order valence-electron chi connectivity index (χ0n) is 28.4. The monoisotopic (exact) mass is 816 g/mol. The van der Waals surface area contributed by atoms with Crippen LogP contribution < -0.4 is 0 Å². The molecule has 0 aromatic heterocycles. The molecule has 4 aromatic carbocycles. The van der Waals surface area contributed by atoms with E-state index in [4.69, 9.17) is 0 Å². The molecule has 240 valence electrons. The Hall–Kier alpha value is -2.19. The van der Waals surface area contributed by atoms with Crippen molar-refractivity contribution in [1.82, 2.24) is 0 Å². The van der Waals surface area contributed by atoms with Crippen LogP contribution in [0.5, 0.6) is 0 Å². The fourth-order valence-corrected chi connectivity index (χ4v) is 31.4. The molecule has 3 aliphatic rings. The van der Waals surface area contributed by atoms with E-state index in [1.165, 1.54) is 72.1 Å². The fourth-order valence-electron chi connectivity index (χ4n) is 8.88. The van der Waals surface area contributed by atoms with E-state index in [1.807, 2.05) is 0 Å². The van der Waals surface area contributed by atoms with Gasteiger partial charge in [0.05, 0.1) is 0 Å². The first-order chi connectivity index (χ1) is 21.2. The molecule has 0 amide bonds. The van der Waals surface area contributed by atoms with Crippen molar-refractivity contribution >= 4 is 37.0 Å². The molecule has 2 aliphatic carbocycles. The Bertz CT molecular complexity index is 1630. The number of hydrogen-bond donors (Lipinski definition) is 0. The Kier molecular flexibility index (Phi) is 10.8. The van der Waals surface area contributed by atoms with Gasteiger partial charge in [0.2, 0.25) is 0 Å². The van der Waals surface area contributed by atoms with Crippen molar-refractivity contribution in [3.8, 4) is 22.3 Å². The van der Waals surface area contributed by atoms with Gasteiger partial charge in [-0.15, -0.1) is 24.8 Å². The molecule has 0 N–H and O–H groups in total. The van der Waals surface area contributed by atoms with Crippen LogP contribution in [-0.2, 0) is 20.0 Å². The molecule has 0 radical (unpaired) electrons. The van der Waals surface area contributed by atoms with Gasteiger partial charge in [0.15, 0.2) is 0 Å². The molecule has 1 fully saturated rings. The Balaban J connectivity index is 0.00000208. The summed E-state index contributed by atoms with van der Waals surface area (Å²) >= 11 is -3.08. The molecule has 2 atom stereocenters. The molecule has 0 saturated carbocycles. The first kappa shape index (κ1) is 35.1. The third-order valence-corrected chi connectivity index (χ3v) is 33.1. The maximum Gasteiger partial charge on any atom is -0.147 e. The average Bonchev–Trinajstić information content (AvgIpc) is 3.51. The van der Waals surface area contributed by atoms with Gasteiger partial charge in [0.1, 0.15) is 0 Å². The van der Waals surface area contributed by atoms with E-state index in [2.05, 4.69) is 139 Å². The van der Waals surface area contributed by atoms with E-state index >= 15 is 0 Å². The van der Waals surface area contributed by atoms with E-state index in [0.717, 1.165) is 0 Å². The number of hydrogen-bond acceptors (Lipinski definition) is 0. The molecule has 1 saturated heterocycles. The molecule has 46 heavy (non-hydrogen) atoms. The summed E-state index contributed by atoms with van der Waals surface area (Å²) in [7, 11) is 0. The smallest absolute Gasteiger partial charge is 0.147 e. The zero-order chi connectivity index (χ0) is 30.6. The van der Waals surface area contributed by atoms with Crippen molar-refractivity contribution in [3.05, 3.63) is 129 Å². The van der Waals surface area contributed by atoms with E-state index in [-0.39, 0.29) is 24.8 Å². The molecule has 0 spiro atoms. The number of aryl methyl sites for hydroxylation is 2.